The fourth-order valence-corrected chi connectivity index (χ4v) is 2.39. The first-order chi connectivity index (χ1) is 10.7. The summed E-state index contributed by atoms with van der Waals surface area (Å²) in [5.41, 5.74) is 9.62. The predicted octanol–water partition coefficient (Wildman–Crippen LogP) is 0.975. The number of methoxy groups -OCH3 is 1. The van der Waals surface area contributed by atoms with E-state index in [2.05, 4.69) is 10.0 Å². The minimum atomic E-state index is -1.13. The van der Waals surface area contributed by atoms with Gasteiger partial charge in [0.1, 0.15) is 18.2 Å². The molecule has 1 fully saturated rings. The van der Waals surface area contributed by atoms with E-state index in [4.69, 9.17) is 19.7 Å². The van der Waals surface area contributed by atoms with Crippen LogP contribution in [0.25, 0.3) is 10.4 Å². The van der Waals surface area contributed by atoms with E-state index in [0.717, 1.165) is 5.56 Å². The Labute approximate surface area is 127 Å². The van der Waals surface area contributed by atoms with E-state index in [0.29, 0.717) is 0 Å². The predicted molar refractivity (Wildman–Crippen MR) is 76.7 cm³/mol. The van der Waals surface area contributed by atoms with Gasteiger partial charge in [0, 0.05) is 12.0 Å². The fourth-order valence-electron chi connectivity index (χ4n) is 2.39. The molecule has 8 heteroatoms. The molecule has 2 N–H and O–H groups in total. The van der Waals surface area contributed by atoms with Crippen LogP contribution in [0.4, 0.5) is 0 Å². The van der Waals surface area contributed by atoms with Crippen LogP contribution in [-0.4, -0.2) is 54.6 Å². The first kappa shape index (κ1) is 16.7. The maximum Gasteiger partial charge on any atom is 0.168 e. The van der Waals surface area contributed by atoms with Crippen LogP contribution in [0.2, 0.25) is 0 Å². The molecule has 120 valence electrons. The second-order valence-corrected chi connectivity index (χ2v) is 4.91. The van der Waals surface area contributed by atoms with Gasteiger partial charge in [-0.25, -0.2) is 0 Å². The van der Waals surface area contributed by atoms with Crippen molar-refractivity contribution in [3.63, 3.8) is 0 Å². The molecule has 0 aromatic heterocycles. The fraction of sp³-hybridized carbons (Fsp3) is 0.571. The van der Waals surface area contributed by atoms with Crippen LogP contribution in [0.3, 0.4) is 0 Å². The SMILES string of the molecule is CO[C@@H]1OC(CO)[C@H](O)[C@H](OCc2ccccc2)C1N=[N+]=[N-]. The summed E-state index contributed by atoms with van der Waals surface area (Å²) in [6.07, 6.45) is -3.73. The average molecular weight is 309 g/mol. The molecule has 1 saturated heterocycles. The molecule has 0 saturated carbocycles. The zero-order valence-electron chi connectivity index (χ0n) is 12.1. The average Bonchev–Trinajstić information content (AvgIpc) is 2.56. The topological polar surface area (TPSA) is 117 Å². The van der Waals surface area contributed by atoms with Crippen LogP contribution >= 0.6 is 0 Å². The number of hydrogen-bond donors (Lipinski definition) is 2. The van der Waals surface area contributed by atoms with Crippen LogP contribution in [0.1, 0.15) is 5.56 Å². The summed E-state index contributed by atoms with van der Waals surface area (Å²) in [4.78, 5) is 2.76. The summed E-state index contributed by atoms with van der Waals surface area (Å²) in [6.45, 7) is -0.163. The Hall–Kier alpha value is -1.67. The maximum atomic E-state index is 10.3. The summed E-state index contributed by atoms with van der Waals surface area (Å²) in [7, 11) is 1.39. The lowest BCUT2D eigenvalue weighted by Gasteiger charge is -2.41. The maximum absolute atomic E-state index is 10.3. The monoisotopic (exact) mass is 309 g/mol. The van der Waals surface area contributed by atoms with Gasteiger partial charge in [-0.2, -0.15) is 0 Å². The molecule has 0 bridgehead atoms. The second kappa shape index (κ2) is 8.09. The highest BCUT2D eigenvalue weighted by atomic mass is 16.7. The lowest BCUT2D eigenvalue weighted by atomic mass is 9.97. The molecule has 0 radical (unpaired) electrons. The Morgan fingerprint density at radius 3 is 2.68 bits per heavy atom. The molecule has 1 aliphatic heterocycles. The van der Waals surface area contributed by atoms with Gasteiger partial charge >= 0.3 is 0 Å². The second-order valence-electron chi connectivity index (χ2n) is 4.91. The first-order valence-corrected chi connectivity index (χ1v) is 6.88. The third-order valence-corrected chi connectivity index (χ3v) is 3.52. The van der Waals surface area contributed by atoms with Crippen molar-refractivity contribution >= 4 is 0 Å². The Balaban J connectivity index is 2.15. The van der Waals surface area contributed by atoms with Gasteiger partial charge < -0.3 is 24.4 Å². The summed E-state index contributed by atoms with van der Waals surface area (Å²) in [5, 5.41) is 23.2. The molecular formula is C14H19N3O5. The van der Waals surface area contributed by atoms with E-state index in [1.54, 1.807) is 0 Å². The molecule has 1 aromatic rings. The number of aliphatic hydroxyl groups is 2. The van der Waals surface area contributed by atoms with Crippen molar-refractivity contribution in [2.24, 2.45) is 5.11 Å². The Morgan fingerprint density at radius 2 is 2.09 bits per heavy atom. The zero-order chi connectivity index (χ0) is 15.9. The zero-order valence-corrected chi connectivity index (χ0v) is 12.1. The van der Waals surface area contributed by atoms with Crippen molar-refractivity contribution in [3.8, 4) is 0 Å². The van der Waals surface area contributed by atoms with Gasteiger partial charge in [-0.3, -0.25) is 0 Å². The number of azide groups is 1. The van der Waals surface area contributed by atoms with Gasteiger partial charge in [0.25, 0.3) is 0 Å². The van der Waals surface area contributed by atoms with E-state index < -0.39 is 37.3 Å². The largest absolute Gasteiger partial charge is 0.394 e. The van der Waals surface area contributed by atoms with E-state index in [1.165, 1.54) is 7.11 Å². The number of benzene rings is 1. The van der Waals surface area contributed by atoms with Crippen LogP contribution in [0.5, 0.6) is 0 Å². The van der Waals surface area contributed by atoms with E-state index in [1.807, 2.05) is 30.3 Å². The van der Waals surface area contributed by atoms with Crippen molar-refractivity contribution in [2.75, 3.05) is 13.7 Å². The Kier molecular flexibility index (Phi) is 6.14. The first-order valence-electron chi connectivity index (χ1n) is 6.88. The molecular weight excluding hydrogens is 290 g/mol. The lowest BCUT2D eigenvalue weighted by Crippen LogP contribution is -2.59. The lowest BCUT2D eigenvalue weighted by molar-refractivity contribution is -0.266. The molecule has 1 aliphatic rings. The van der Waals surface area contributed by atoms with E-state index in [9.17, 15) is 10.2 Å². The molecule has 0 spiro atoms. The van der Waals surface area contributed by atoms with Crippen molar-refractivity contribution in [1.82, 2.24) is 0 Å². The minimum Gasteiger partial charge on any atom is -0.394 e. The highest BCUT2D eigenvalue weighted by Crippen LogP contribution is 2.27. The third-order valence-electron chi connectivity index (χ3n) is 3.52. The van der Waals surface area contributed by atoms with Crippen molar-refractivity contribution in [1.29, 1.82) is 0 Å². The number of aliphatic hydroxyl groups excluding tert-OH is 2. The van der Waals surface area contributed by atoms with Gasteiger partial charge in [0.15, 0.2) is 6.29 Å². The Bertz CT molecular complexity index is 508. The highest BCUT2D eigenvalue weighted by molar-refractivity contribution is 5.13. The summed E-state index contributed by atoms with van der Waals surface area (Å²) < 4.78 is 16.2. The van der Waals surface area contributed by atoms with Gasteiger partial charge in [0.2, 0.25) is 0 Å². The third kappa shape index (κ3) is 3.75. The van der Waals surface area contributed by atoms with Crippen LogP contribution in [0, 0.1) is 0 Å². The smallest absolute Gasteiger partial charge is 0.168 e. The summed E-state index contributed by atoms with van der Waals surface area (Å²) >= 11 is 0. The standard InChI is InChI=1S/C14H19N3O5/c1-20-14-11(16-17-15)13(12(19)10(7-18)22-14)21-8-9-5-3-2-4-6-9/h2-6,10-14,18-19H,7-8H2,1H3/t10?,11?,12-,13+,14+/m0/s1. The Morgan fingerprint density at radius 1 is 1.36 bits per heavy atom. The number of hydrogen-bond acceptors (Lipinski definition) is 6. The van der Waals surface area contributed by atoms with Gasteiger partial charge in [-0.15, -0.1) is 0 Å². The molecule has 5 atom stereocenters. The van der Waals surface area contributed by atoms with Crippen molar-refractivity contribution in [2.45, 2.75) is 37.3 Å². The van der Waals surface area contributed by atoms with Crippen LogP contribution in [0.15, 0.2) is 35.4 Å². The van der Waals surface area contributed by atoms with Crippen LogP contribution < -0.4 is 0 Å². The normalized spacial score (nSPS) is 31.5. The van der Waals surface area contributed by atoms with Gasteiger partial charge in [-0.05, 0) is 11.1 Å². The highest BCUT2D eigenvalue weighted by Gasteiger charge is 2.45. The summed E-state index contributed by atoms with van der Waals surface area (Å²) in [6, 6.07) is 8.54. The van der Waals surface area contributed by atoms with E-state index in [-0.39, 0.29) is 6.61 Å². The van der Waals surface area contributed by atoms with Gasteiger partial charge in [0.05, 0.1) is 19.3 Å². The van der Waals surface area contributed by atoms with Crippen LogP contribution in [-0.2, 0) is 20.8 Å². The van der Waals surface area contributed by atoms with Crippen molar-refractivity contribution < 1.29 is 24.4 Å². The summed E-state index contributed by atoms with van der Waals surface area (Å²) in [5.74, 6) is 0. The molecule has 1 aromatic carbocycles. The molecule has 1 heterocycles. The number of nitrogens with zero attached hydrogens (tertiary/aromatic N) is 3. The molecule has 8 nitrogen and oxygen atoms in total. The van der Waals surface area contributed by atoms with E-state index >= 15 is 0 Å². The minimum absolute atomic E-state index is 0.231. The molecule has 2 unspecified atom stereocenters. The number of ether oxygens (including phenoxy) is 3. The molecule has 2 rings (SSSR count). The van der Waals surface area contributed by atoms with Crippen molar-refractivity contribution in [3.05, 3.63) is 46.3 Å². The molecule has 0 aliphatic carbocycles. The van der Waals surface area contributed by atoms with Gasteiger partial charge in [-0.1, -0.05) is 35.4 Å². The number of rotatable bonds is 6. The molecule has 0 amide bonds. The quantitative estimate of drug-likeness (QED) is 0.461. The molecule has 22 heavy (non-hydrogen) atoms.